The highest BCUT2D eigenvalue weighted by Crippen LogP contribution is 2.25. The number of hydrogen-bond acceptors (Lipinski definition) is 3. The first kappa shape index (κ1) is 11.6. The zero-order valence-corrected chi connectivity index (χ0v) is 10.5. The Morgan fingerprint density at radius 3 is 2.65 bits per heavy atom. The van der Waals surface area contributed by atoms with Crippen molar-refractivity contribution in [1.29, 1.82) is 0 Å². The summed E-state index contributed by atoms with van der Waals surface area (Å²) in [6.07, 6.45) is 0. The average molecular weight is 232 g/mol. The third-order valence-electron chi connectivity index (χ3n) is 2.73. The first-order valence-electron chi connectivity index (χ1n) is 5.50. The largest absolute Gasteiger partial charge is 0.463 e. The summed E-state index contributed by atoms with van der Waals surface area (Å²) in [5, 5.41) is 0. The molecule has 17 heavy (non-hydrogen) atoms. The fourth-order valence-corrected chi connectivity index (χ4v) is 1.67. The maximum absolute atomic E-state index is 11.3. The molecule has 1 N–H and O–H groups in total. The van der Waals surface area contributed by atoms with Crippen molar-refractivity contribution in [2.45, 2.75) is 26.2 Å². The Bertz CT molecular complexity index is 564. The number of aromatic amines is 1. The second-order valence-corrected chi connectivity index (χ2v) is 5.06. The highest BCUT2D eigenvalue weighted by molar-refractivity contribution is 5.90. The summed E-state index contributed by atoms with van der Waals surface area (Å²) in [6, 6.07) is 5.97. The van der Waals surface area contributed by atoms with E-state index in [9.17, 15) is 4.79 Å². The minimum absolute atomic E-state index is 0.0741. The second kappa shape index (κ2) is 3.87. The molecule has 0 aliphatic heterocycles. The predicted molar refractivity (Wildman–Crippen MR) is 66.1 cm³/mol. The number of benzene rings is 1. The number of aromatic nitrogens is 2. The van der Waals surface area contributed by atoms with Crippen molar-refractivity contribution in [1.82, 2.24) is 9.97 Å². The van der Waals surface area contributed by atoms with Crippen LogP contribution in [0.3, 0.4) is 0 Å². The molecule has 2 aromatic rings. The molecule has 0 bridgehead atoms. The second-order valence-electron chi connectivity index (χ2n) is 5.06. The van der Waals surface area contributed by atoms with Gasteiger partial charge in [0.25, 0.3) is 0 Å². The number of fused-ring (bicyclic) bond motifs is 1. The van der Waals surface area contributed by atoms with Crippen molar-refractivity contribution in [2.75, 3.05) is 7.11 Å². The SMILES string of the molecule is COC(=O)c1nc2ccc(C(C)(C)C)cc2[nH]1. The molecule has 1 aromatic heterocycles. The van der Waals surface area contributed by atoms with Gasteiger partial charge in [-0.15, -0.1) is 0 Å². The van der Waals surface area contributed by atoms with Crippen LogP contribution < -0.4 is 0 Å². The Kier molecular flexibility index (Phi) is 2.65. The van der Waals surface area contributed by atoms with Gasteiger partial charge in [0.05, 0.1) is 18.1 Å². The third kappa shape index (κ3) is 2.16. The number of H-pyrrole nitrogens is 1. The van der Waals surface area contributed by atoms with Crippen molar-refractivity contribution in [3.8, 4) is 0 Å². The van der Waals surface area contributed by atoms with E-state index in [0.29, 0.717) is 0 Å². The van der Waals surface area contributed by atoms with Gasteiger partial charge in [0.1, 0.15) is 0 Å². The molecule has 2 rings (SSSR count). The summed E-state index contributed by atoms with van der Waals surface area (Å²) in [5.41, 5.74) is 2.91. The molecule has 0 amide bonds. The van der Waals surface area contributed by atoms with Gasteiger partial charge in [0.2, 0.25) is 5.82 Å². The van der Waals surface area contributed by atoms with Gasteiger partial charge in [-0.2, -0.15) is 0 Å². The van der Waals surface area contributed by atoms with Gasteiger partial charge in [-0.25, -0.2) is 9.78 Å². The lowest BCUT2D eigenvalue weighted by molar-refractivity contribution is 0.0588. The quantitative estimate of drug-likeness (QED) is 0.769. The zero-order chi connectivity index (χ0) is 12.6. The normalized spacial score (nSPS) is 11.8. The van der Waals surface area contributed by atoms with Crippen LogP contribution in [0.5, 0.6) is 0 Å². The van der Waals surface area contributed by atoms with Gasteiger partial charge in [-0.3, -0.25) is 0 Å². The summed E-state index contributed by atoms with van der Waals surface area (Å²) in [4.78, 5) is 18.5. The maximum Gasteiger partial charge on any atom is 0.374 e. The molecule has 0 fully saturated rings. The maximum atomic E-state index is 11.3. The third-order valence-corrected chi connectivity index (χ3v) is 2.73. The average Bonchev–Trinajstić information content (AvgIpc) is 2.69. The molecule has 0 atom stereocenters. The lowest BCUT2D eigenvalue weighted by Crippen LogP contribution is -2.10. The van der Waals surface area contributed by atoms with E-state index in [1.165, 1.54) is 12.7 Å². The van der Waals surface area contributed by atoms with Crippen LogP contribution in [0, 0.1) is 0 Å². The van der Waals surface area contributed by atoms with Crippen LogP contribution in [0.15, 0.2) is 18.2 Å². The molecule has 4 heteroatoms. The first-order valence-corrected chi connectivity index (χ1v) is 5.50. The molecule has 0 saturated carbocycles. The lowest BCUT2D eigenvalue weighted by atomic mass is 9.87. The standard InChI is InChI=1S/C13H16N2O2/c1-13(2,3)8-5-6-9-10(7-8)15-11(14-9)12(16)17-4/h5-7H,1-4H3,(H,14,15). The van der Waals surface area contributed by atoms with Crippen LogP contribution in [0.1, 0.15) is 37.0 Å². The number of imidazole rings is 1. The summed E-state index contributed by atoms with van der Waals surface area (Å²) < 4.78 is 4.63. The lowest BCUT2D eigenvalue weighted by Gasteiger charge is -2.18. The van der Waals surface area contributed by atoms with Gasteiger partial charge in [0.15, 0.2) is 0 Å². The number of carbonyl (C=O) groups excluding carboxylic acids is 1. The summed E-state index contributed by atoms with van der Waals surface area (Å²) in [6.45, 7) is 6.43. The topological polar surface area (TPSA) is 55.0 Å². The van der Waals surface area contributed by atoms with Crippen LogP contribution in [0.25, 0.3) is 11.0 Å². The van der Waals surface area contributed by atoms with E-state index in [1.807, 2.05) is 18.2 Å². The fourth-order valence-electron chi connectivity index (χ4n) is 1.67. The molecule has 0 radical (unpaired) electrons. The molecular weight excluding hydrogens is 216 g/mol. The smallest absolute Gasteiger partial charge is 0.374 e. The monoisotopic (exact) mass is 232 g/mol. The minimum atomic E-state index is -0.446. The van der Waals surface area contributed by atoms with E-state index in [4.69, 9.17) is 0 Å². The Morgan fingerprint density at radius 2 is 2.06 bits per heavy atom. The summed E-state index contributed by atoms with van der Waals surface area (Å²) in [7, 11) is 1.34. The number of esters is 1. The molecule has 0 unspecified atom stereocenters. The van der Waals surface area contributed by atoms with Crippen LogP contribution in [-0.4, -0.2) is 23.0 Å². The van der Waals surface area contributed by atoms with Crippen LogP contribution >= 0.6 is 0 Å². The molecule has 90 valence electrons. The molecule has 0 aliphatic rings. The van der Waals surface area contributed by atoms with Crippen molar-refractivity contribution < 1.29 is 9.53 Å². The number of carbonyl (C=O) groups is 1. The van der Waals surface area contributed by atoms with Crippen molar-refractivity contribution in [3.05, 3.63) is 29.6 Å². The van der Waals surface area contributed by atoms with E-state index in [1.54, 1.807) is 0 Å². The number of rotatable bonds is 1. The molecule has 1 aromatic carbocycles. The van der Waals surface area contributed by atoms with Gasteiger partial charge in [0, 0.05) is 0 Å². The van der Waals surface area contributed by atoms with Crippen LogP contribution in [-0.2, 0) is 10.2 Å². The highest BCUT2D eigenvalue weighted by atomic mass is 16.5. The number of nitrogens with zero attached hydrogens (tertiary/aromatic N) is 1. The van der Waals surface area contributed by atoms with E-state index in [-0.39, 0.29) is 11.2 Å². The minimum Gasteiger partial charge on any atom is -0.463 e. The van der Waals surface area contributed by atoms with Gasteiger partial charge < -0.3 is 9.72 Å². The van der Waals surface area contributed by atoms with Gasteiger partial charge >= 0.3 is 5.97 Å². The van der Waals surface area contributed by atoms with Gasteiger partial charge in [-0.1, -0.05) is 26.8 Å². The Labute approximate surface area is 100 Å². The zero-order valence-electron chi connectivity index (χ0n) is 10.5. The number of methoxy groups -OCH3 is 1. The van der Waals surface area contributed by atoms with E-state index < -0.39 is 5.97 Å². The van der Waals surface area contributed by atoms with E-state index in [0.717, 1.165) is 11.0 Å². The predicted octanol–water partition coefficient (Wildman–Crippen LogP) is 2.65. The summed E-state index contributed by atoms with van der Waals surface area (Å²) in [5.74, 6) is -0.202. The van der Waals surface area contributed by atoms with Crippen molar-refractivity contribution in [2.24, 2.45) is 0 Å². The van der Waals surface area contributed by atoms with Gasteiger partial charge in [-0.05, 0) is 23.1 Å². The molecule has 0 spiro atoms. The Morgan fingerprint density at radius 1 is 1.35 bits per heavy atom. The van der Waals surface area contributed by atoms with Crippen LogP contribution in [0.2, 0.25) is 0 Å². The number of hydrogen-bond donors (Lipinski definition) is 1. The summed E-state index contributed by atoms with van der Waals surface area (Å²) >= 11 is 0. The molecule has 0 aliphatic carbocycles. The number of ether oxygens (including phenoxy) is 1. The number of nitrogens with one attached hydrogen (secondary N) is 1. The fraction of sp³-hybridized carbons (Fsp3) is 0.385. The molecule has 4 nitrogen and oxygen atoms in total. The molecule has 1 heterocycles. The first-order chi connectivity index (χ1) is 7.91. The molecular formula is C13H16N2O2. The van der Waals surface area contributed by atoms with E-state index in [2.05, 4.69) is 35.5 Å². The highest BCUT2D eigenvalue weighted by Gasteiger charge is 2.16. The van der Waals surface area contributed by atoms with E-state index >= 15 is 0 Å². The van der Waals surface area contributed by atoms with Crippen molar-refractivity contribution >= 4 is 17.0 Å². The van der Waals surface area contributed by atoms with Crippen LogP contribution in [0.4, 0.5) is 0 Å². The Hall–Kier alpha value is -1.84. The molecule has 0 saturated heterocycles. The van der Waals surface area contributed by atoms with Crippen molar-refractivity contribution in [3.63, 3.8) is 0 Å². The Balaban J connectivity index is 2.52.